The molecular formula is C22H14ClN5O3S. The Labute approximate surface area is 190 Å². The molecule has 158 valence electrons. The highest BCUT2D eigenvalue weighted by Crippen LogP contribution is 2.25. The summed E-state index contributed by atoms with van der Waals surface area (Å²) in [6.45, 7) is -0.193. The lowest BCUT2D eigenvalue weighted by Crippen LogP contribution is -2.17. The number of pyridine rings is 1. The van der Waals surface area contributed by atoms with Crippen molar-refractivity contribution in [1.82, 2.24) is 24.1 Å². The van der Waals surface area contributed by atoms with Crippen molar-refractivity contribution in [3.63, 3.8) is 0 Å². The smallest absolute Gasteiger partial charge is 0.378 e. The van der Waals surface area contributed by atoms with Crippen molar-refractivity contribution in [2.24, 2.45) is 0 Å². The minimum Gasteiger partial charge on any atom is -0.453 e. The van der Waals surface area contributed by atoms with Crippen LogP contribution in [0.4, 0.5) is 0 Å². The van der Waals surface area contributed by atoms with Crippen molar-refractivity contribution in [2.45, 2.75) is 6.61 Å². The van der Waals surface area contributed by atoms with Gasteiger partial charge in [0.05, 0.1) is 21.3 Å². The van der Waals surface area contributed by atoms with Crippen LogP contribution >= 0.6 is 22.9 Å². The Morgan fingerprint density at radius 3 is 2.69 bits per heavy atom. The SMILES string of the molecule is O=C(OCc1cc(=O)n2cc(Cl)ccc2n1)c1nc(-c2cccs2)n(-c2ccccc2)n1. The molecule has 5 rings (SSSR count). The molecule has 0 aliphatic carbocycles. The first-order chi connectivity index (χ1) is 15.6. The number of fused-ring (bicyclic) bond motifs is 1. The Bertz CT molecular complexity index is 1480. The van der Waals surface area contributed by atoms with Crippen LogP contribution in [0.2, 0.25) is 5.02 Å². The Balaban J connectivity index is 1.42. The maximum atomic E-state index is 12.7. The Morgan fingerprint density at radius 2 is 1.91 bits per heavy atom. The van der Waals surface area contributed by atoms with E-state index in [0.29, 0.717) is 22.2 Å². The molecule has 0 saturated heterocycles. The molecule has 4 aromatic heterocycles. The first kappa shape index (κ1) is 20.1. The Kier molecular flexibility index (Phi) is 5.26. The van der Waals surface area contributed by atoms with Gasteiger partial charge in [-0.05, 0) is 35.7 Å². The number of nitrogens with zero attached hydrogens (tertiary/aromatic N) is 5. The molecule has 1 aromatic carbocycles. The van der Waals surface area contributed by atoms with Gasteiger partial charge in [-0.1, -0.05) is 35.9 Å². The van der Waals surface area contributed by atoms with Crippen molar-refractivity contribution >= 4 is 34.6 Å². The predicted octanol–water partition coefficient (Wildman–Crippen LogP) is 4.01. The molecule has 0 spiro atoms. The second-order valence-electron chi connectivity index (χ2n) is 6.72. The Morgan fingerprint density at radius 1 is 1.06 bits per heavy atom. The summed E-state index contributed by atoms with van der Waals surface area (Å²) in [5.41, 5.74) is 1.16. The number of benzene rings is 1. The second-order valence-corrected chi connectivity index (χ2v) is 8.11. The third-order valence-electron chi connectivity index (χ3n) is 4.56. The highest BCUT2D eigenvalue weighted by atomic mass is 35.5. The molecule has 0 radical (unpaired) electrons. The number of para-hydroxylation sites is 1. The zero-order valence-electron chi connectivity index (χ0n) is 16.4. The van der Waals surface area contributed by atoms with Crippen LogP contribution in [0.3, 0.4) is 0 Å². The summed E-state index contributed by atoms with van der Waals surface area (Å²) in [7, 11) is 0. The lowest BCUT2D eigenvalue weighted by atomic mass is 10.3. The summed E-state index contributed by atoms with van der Waals surface area (Å²) in [4.78, 5) is 34.6. The number of carbonyl (C=O) groups is 1. The largest absolute Gasteiger partial charge is 0.453 e. The number of halogens is 1. The molecule has 0 saturated carbocycles. The summed E-state index contributed by atoms with van der Waals surface area (Å²) < 4.78 is 8.28. The molecule has 0 atom stereocenters. The van der Waals surface area contributed by atoms with E-state index in [-0.39, 0.29) is 18.0 Å². The van der Waals surface area contributed by atoms with Crippen LogP contribution in [0, 0.1) is 0 Å². The van der Waals surface area contributed by atoms with Gasteiger partial charge in [0, 0.05) is 12.3 Å². The summed E-state index contributed by atoms with van der Waals surface area (Å²) in [6, 6.07) is 17.8. The summed E-state index contributed by atoms with van der Waals surface area (Å²) in [5.74, 6) is -0.255. The van der Waals surface area contributed by atoms with E-state index in [2.05, 4.69) is 15.1 Å². The van der Waals surface area contributed by atoms with Crippen LogP contribution in [0.1, 0.15) is 16.3 Å². The predicted molar refractivity (Wildman–Crippen MR) is 120 cm³/mol. The van der Waals surface area contributed by atoms with Gasteiger partial charge in [0.2, 0.25) is 0 Å². The molecule has 8 nitrogen and oxygen atoms in total. The average Bonchev–Trinajstić information content (AvgIpc) is 3.49. The standard InChI is InChI=1S/C22H14ClN5O3S/c23-14-8-9-18-24-15(11-19(29)27(18)12-14)13-31-22(30)20-25-21(17-7-4-10-32-17)28(26-20)16-5-2-1-3-6-16/h1-12H,13H2. The summed E-state index contributed by atoms with van der Waals surface area (Å²) in [6.07, 6.45) is 1.48. The van der Waals surface area contributed by atoms with Crippen LogP contribution in [-0.4, -0.2) is 30.1 Å². The number of aromatic nitrogens is 5. The molecular weight excluding hydrogens is 450 g/mol. The molecule has 4 heterocycles. The molecule has 5 aromatic rings. The zero-order chi connectivity index (χ0) is 22.1. The summed E-state index contributed by atoms with van der Waals surface area (Å²) in [5, 5.41) is 6.71. The number of ether oxygens (including phenoxy) is 1. The van der Waals surface area contributed by atoms with Gasteiger partial charge in [-0.15, -0.1) is 16.4 Å². The quantitative estimate of drug-likeness (QED) is 0.366. The van der Waals surface area contributed by atoms with E-state index in [1.807, 2.05) is 47.8 Å². The summed E-state index contributed by atoms with van der Waals surface area (Å²) >= 11 is 7.42. The van der Waals surface area contributed by atoms with Crippen LogP contribution in [0.15, 0.2) is 77.0 Å². The number of hydrogen-bond donors (Lipinski definition) is 0. The van der Waals surface area contributed by atoms with Gasteiger partial charge in [0.1, 0.15) is 12.3 Å². The van der Waals surface area contributed by atoms with Gasteiger partial charge in [0.15, 0.2) is 5.82 Å². The normalized spacial score (nSPS) is 11.0. The van der Waals surface area contributed by atoms with Gasteiger partial charge in [-0.3, -0.25) is 9.20 Å². The lowest BCUT2D eigenvalue weighted by molar-refractivity contribution is 0.0453. The zero-order valence-corrected chi connectivity index (χ0v) is 18.0. The van der Waals surface area contributed by atoms with Crippen LogP contribution in [0.5, 0.6) is 0 Å². The van der Waals surface area contributed by atoms with Crippen LogP contribution in [-0.2, 0) is 11.3 Å². The highest BCUT2D eigenvalue weighted by molar-refractivity contribution is 7.13. The van der Waals surface area contributed by atoms with E-state index >= 15 is 0 Å². The number of rotatable bonds is 5. The van der Waals surface area contributed by atoms with Crippen molar-refractivity contribution in [3.05, 3.63) is 99.1 Å². The molecule has 0 unspecified atom stereocenters. The maximum absolute atomic E-state index is 12.7. The van der Waals surface area contributed by atoms with Crippen molar-refractivity contribution in [1.29, 1.82) is 0 Å². The number of carbonyl (C=O) groups excluding carboxylic acids is 1. The van der Waals surface area contributed by atoms with Gasteiger partial charge in [0.25, 0.3) is 11.4 Å². The number of hydrogen-bond acceptors (Lipinski definition) is 7. The molecule has 32 heavy (non-hydrogen) atoms. The van der Waals surface area contributed by atoms with Crippen molar-refractivity contribution < 1.29 is 9.53 Å². The average molecular weight is 464 g/mol. The van der Waals surface area contributed by atoms with Crippen LogP contribution < -0.4 is 5.56 Å². The van der Waals surface area contributed by atoms with E-state index < -0.39 is 5.97 Å². The van der Waals surface area contributed by atoms with Gasteiger partial charge in [-0.2, -0.15) is 4.98 Å². The number of thiophene rings is 1. The first-order valence-corrected chi connectivity index (χ1v) is 10.8. The molecule has 0 amide bonds. The van der Waals surface area contributed by atoms with E-state index in [9.17, 15) is 9.59 Å². The highest BCUT2D eigenvalue weighted by Gasteiger charge is 2.21. The first-order valence-electron chi connectivity index (χ1n) is 9.50. The minimum atomic E-state index is -0.712. The van der Waals surface area contributed by atoms with Gasteiger partial charge in [-0.25, -0.2) is 14.5 Å². The molecule has 0 aliphatic rings. The van der Waals surface area contributed by atoms with Crippen molar-refractivity contribution in [3.8, 4) is 16.4 Å². The third kappa shape index (κ3) is 3.91. The molecule has 0 bridgehead atoms. The lowest BCUT2D eigenvalue weighted by Gasteiger charge is -2.05. The number of esters is 1. The fraction of sp³-hybridized carbons (Fsp3) is 0.0455. The van der Waals surface area contributed by atoms with E-state index in [0.717, 1.165) is 10.6 Å². The minimum absolute atomic E-state index is 0.0819. The monoisotopic (exact) mass is 463 g/mol. The van der Waals surface area contributed by atoms with Crippen molar-refractivity contribution in [2.75, 3.05) is 0 Å². The Hall–Kier alpha value is -3.82. The fourth-order valence-corrected chi connectivity index (χ4v) is 3.98. The molecule has 0 aliphatic heterocycles. The van der Waals surface area contributed by atoms with E-state index in [4.69, 9.17) is 16.3 Å². The van der Waals surface area contributed by atoms with Crippen LogP contribution in [0.25, 0.3) is 22.0 Å². The third-order valence-corrected chi connectivity index (χ3v) is 5.65. The fourth-order valence-electron chi connectivity index (χ4n) is 3.12. The molecule has 0 N–H and O–H groups in total. The van der Waals surface area contributed by atoms with Gasteiger partial charge >= 0.3 is 5.97 Å². The van der Waals surface area contributed by atoms with Gasteiger partial charge < -0.3 is 4.74 Å². The molecule has 0 fully saturated rings. The molecule has 10 heteroatoms. The second kappa shape index (κ2) is 8.37. The topological polar surface area (TPSA) is 91.4 Å². The van der Waals surface area contributed by atoms with E-state index in [1.54, 1.807) is 16.8 Å². The maximum Gasteiger partial charge on any atom is 0.378 e. The van der Waals surface area contributed by atoms with E-state index in [1.165, 1.54) is 28.0 Å².